The lowest BCUT2D eigenvalue weighted by Crippen LogP contribution is -2.23. The number of benzene rings is 2. The zero-order valence-corrected chi connectivity index (χ0v) is 14.0. The molecule has 0 aliphatic heterocycles. The Kier molecular flexibility index (Phi) is 5.46. The Morgan fingerprint density at radius 2 is 1.78 bits per heavy atom. The van der Waals surface area contributed by atoms with Crippen LogP contribution in [-0.2, 0) is 16.6 Å². The van der Waals surface area contributed by atoms with Crippen LogP contribution in [0.15, 0.2) is 41.3 Å². The van der Waals surface area contributed by atoms with Gasteiger partial charge in [-0.3, -0.25) is 0 Å². The summed E-state index contributed by atoms with van der Waals surface area (Å²) < 4.78 is 50.2. The van der Waals surface area contributed by atoms with Crippen molar-refractivity contribution in [3.63, 3.8) is 0 Å². The van der Waals surface area contributed by atoms with E-state index in [-0.39, 0.29) is 16.5 Å². The molecule has 0 unspecified atom stereocenters. The van der Waals surface area contributed by atoms with Crippen molar-refractivity contribution in [3.8, 4) is 11.5 Å². The molecule has 0 radical (unpaired) electrons. The Morgan fingerprint density at radius 1 is 1.09 bits per heavy atom. The number of ether oxygens (including phenoxy) is 2. The van der Waals surface area contributed by atoms with Crippen molar-refractivity contribution in [3.05, 3.63) is 52.8 Å². The molecule has 2 aromatic rings. The molecule has 0 saturated carbocycles. The average molecular weight is 360 g/mol. The van der Waals surface area contributed by atoms with Gasteiger partial charge in [-0.1, -0.05) is 17.7 Å². The predicted molar refractivity (Wildman–Crippen MR) is 85.0 cm³/mol. The minimum atomic E-state index is -3.81. The Hall–Kier alpha value is -1.83. The van der Waals surface area contributed by atoms with Crippen molar-refractivity contribution in [1.82, 2.24) is 4.72 Å². The fourth-order valence-corrected chi connectivity index (χ4v) is 3.19. The summed E-state index contributed by atoms with van der Waals surface area (Å²) in [5.74, 6) is 0.365. The molecule has 0 aliphatic carbocycles. The molecule has 0 atom stereocenters. The topological polar surface area (TPSA) is 64.6 Å². The fraction of sp³-hybridized carbons (Fsp3) is 0.200. The van der Waals surface area contributed by atoms with Crippen LogP contribution in [0.25, 0.3) is 0 Å². The van der Waals surface area contributed by atoms with E-state index >= 15 is 0 Å². The van der Waals surface area contributed by atoms with E-state index in [2.05, 4.69) is 4.72 Å². The second-order valence-electron chi connectivity index (χ2n) is 4.59. The maximum atomic E-state index is 13.1. The number of sulfonamides is 1. The van der Waals surface area contributed by atoms with Gasteiger partial charge in [-0.05, 0) is 35.9 Å². The molecular weight excluding hydrogens is 345 g/mol. The summed E-state index contributed by atoms with van der Waals surface area (Å²) in [6.45, 7) is 0.0394. The van der Waals surface area contributed by atoms with Crippen LogP contribution in [0.1, 0.15) is 5.56 Å². The molecule has 0 fully saturated rings. The number of nitrogens with one attached hydrogen (secondary N) is 1. The van der Waals surface area contributed by atoms with Gasteiger partial charge in [-0.25, -0.2) is 17.5 Å². The number of halogens is 2. The third kappa shape index (κ3) is 4.13. The first kappa shape index (κ1) is 17.5. The SMILES string of the molecule is COc1ccc(CNS(=O)(=O)c2ccc(F)c(Cl)c2)cc1OC. The van der Waals surface area contributed by atoms with Gasteiger partial charge in [0, 0.05) is 6.54 Å². The van der Waals surface area contributed by atoms with Gasteiger partial charge in [0.2, 0.25) is 10.0 Å². The molecular formula is C15H15ClFNO4S. The fourth-order valence-electron chi connectivity index (χ4n) is 1.90. The average Bonchev–Trinajstić information content (AvgIpc) is 2.55. The summed E-state index contributed by atoms with van der Waals surface area (Å²) in [6.07, 6.45) is 0. The Balaban J connectivity index is 2.17. The van der Waals surface area contributed by atoms with Gasteiger partial charge in [0.25, 0.3) is 0 Å². The molecule has 0 aromatic heterocycles. The third-order valence-electron chi connectivity index (χ3n) is 3.12. The third-order valence-corrected chi connectivity index (χ3v) is 4.80. The molecule has 124 valence electrons. The second-order valence-corrected chi connectivity index (χ2v) is 6.76. The first-order valence-corrected chi connectivity index (χ1v) is 8.39. The summed E-state index contributed by atoms with van der Waals surface area (Å²) in [4.78, 5) is -0.107. The number of rotatable bonds is 6. The highest BCUT2D eigenvalue weighted by molar-refractivity contribution is 7.89. The van der Waals surface area contributed by atoms with E-state index in [9.17, 15) is 12.8 Å². The first-order valence-electron chi connectivity index (χ1n) is 6.53. The van der Waals surface area contributed by atoms with E-state index in [1.807, 2.05) is 0 Å². The molecule has 5 nitrogen and oxygen atoms in total. The molecule has 0 spiro atoms. The lowest BCUT2D eigenvalue weighted by Gasteiger charge is -2.11. The molecule has 0 bridgehead atoms. The lowest BCUT2D eigenvalue weighted by molar-refractivity contribution is 0.354. The van der Waals surface area contributed by atoms with E-state index in [0.717, 1.165) is 18.2 Å². The van der Waals surface area contributed by atoms with E-state index in [0.29, 0.717) is 17.1 Å². The van der Waals surface area contributed by atoms with Crippen molar-refractivity contribution >= 4 is 21.6 Å². The second kappa shape index (κ2) is 7.16. The van der Waals surface area contributed by atoms with Crippen LogP contribution in [0, 0.1) is 5.82 Å². The number of hydrogen-bond acceptors (Lipinski definition) is 4. The quantitative estimate of drug-likeness (QED) is 0.861. The Bertz CT molecular complexity index is 811. The van der Waals surface area contributed by atoms with Crippen molar-refractivity contribution in [1.29, 1.82) is 0 Å². The van der Waals surface area contributed by atoms with Crippen molar-refractivity contribution in [2.24, 2.45) is 0 Å². The van der Waals surface area contributed by atoms with Gasteiger partial charge in [0.15, 0.2) is 11.5 Å². The van der Waals surface area contributed by atoms with Crippen LogP contribution in [-0.4, -0.2) is 22.6 Å². The van der Waals surface area contributed by atoms with Crippen molar-refractivity contribution in [2.75, 3.05) is 14.2 Å². The number of hydrogen-bond donors (Lipinski definition) is 1. The summed E-state index contributed by atoms with van der Waals surface area (Å²) in [5.41, 5.74) is 0.680. The summed E-state index contributed by atoms with van der Waals surface area (Å²) in [6, 6.07) is 8.27. The maximum Gasteiger partial charge on any atom is 0.240 e. The lowest BCUT2D eigenvalue weighted by atomic mass is 10.2. The van der Waals surface area contributed by atoms with Crippen LogP contribution in [0.3, 0.4) is 0 Å². The smallest absolute Gasteiger partial charge is 0.240 e. The predicted octanol–water partition coefficient (Wildman–Crippen LogP) is 2.97. The molecule has 0 heterocycles. The zero-order chi connectivity index (χ0) is 17.0. The maximum absolute atomic E-state index is 13.1. The molecule has 2 rings (SSSR count). The van der Waals surface area contributed by atoms with E-state index in [4.69, 9.17) is 21.1 Å². The van der Waals surface area contributed by atoms with Crippen LogP contribution in [0.2, 0.25) is 5.02 Å². The molecule has 0 amide bonds. The minimum Gasteiger partial charge on any atom is -0.493 e. The van der Waals surface area contributed by atoms with Gasteiger partial charge in [-0.15, -0.1) is 0 Å². The highest BCUT2D eigenvalue weighted by Gasteiger charge is 2.16. The van der Waals surface area contributed by atoms with Crippen molar-refractivity contribution < 1.29 is 22.3 Å². The first-order chi connectivity index (χ1) is 10.9. The Labute approximate surface area is 139 Å². The number of methoxy groups -OCH3 is 2. The van der Waals surface area contributed by atoms with Crippen LogP contribution < -0.4 is 14.2 Å². The summed E-state index contributed by atoms with van der Waals surface area (Å²) in [7, 11) is -0.801. The largest absolute Gasteiger partial charge is 0.493 e. The highest BCUT2D eigenvalue weighted by Crippen LogP contribution is 2.27. The highest BCUT2D eigenvalue weighted by atomic mass is 35.5. The van der Waals surface area contributed by atoms with Crippen LogP contribution in [0.4, 0.5) is 4.39 Å². The van der Waals surface area contributed by atoms with Gasteiger partial charge in [-0.2, -0.15) is 0 Å². The standard InChI is InChI=1S/C15H15ClFNO4S/c1-21-14-6-3-10(7-15(14)22-2)9-18-23(19,20)11-4-5-13(17)12(16)8-11/h3-8,18H,9H2,1-2H3. The summed E-state index contributed by atoms with van der Waals surface area (Å²) in [5, 5.41) is -0.251. The molecule has 2 aromatic carbocycles. The van der Waals surface area contributed by atoms with Gasteiger partial charge in [0.05, 0.1) is 24.1 Å². The van der Waals surface area contributed by atoms with Gasteiger partial charge in [0.1, 0.15) is 5.82 Å². The molecule has 0 saturated heterocycles. The van der Waals surface area contributed by atoms with Crippen LogP contribution >= 0.6 is 11.6 Å². The minimum absolute atomic E-state index is 0.0394. The van der Waals surface area contributed by atoms with E-state index < -0.39 is 15.8 Å². The van der Waals surface area contributed by atoms with E-state index in [1.165, 1.54) is 14.2 Å². The van der Waals surface area contributed by atoms with Crippen LogP contribution in [0.5, 0.6) is 11.5 Å². The summed E-state index contributed by atoms with van der Waals surface area (Å²) >= 11 is 5.61. The Morgan fingerprint density at radius 3 is 2.39 bits per heavy atom. The molecule has 1 N–H and O–H groups in total. The molecule has 23 heavy (non-hydrogen) atoms. The monoisotopic (exact) mass is 359 g/mol. The van der Waals surface area contributed by atoms with E-state index in [1.54, 1.807) is 18.2 Å². The van der Waals surface area contributed by atoms with Crippen molar-refractivity contribution in [2.45, 2.75) is 11.4 Å². The normalized spacial score (nSPS) is 11.3. The molecule has 0 aliphatic rings. The van der Waals surface area contributed by atoms with Gasteiger partial charge >= 0.3 is 0 Å². The molecule has 8 heteroatoms. The zero-order valence-electron chi connectivity index (χ0n) is 12.5. The van der Waals surface area contributed by atoms with Gasteiger partial charge < -0.3 is 9.47 Å².